The number of rotatable bonds is 8. The molecule has 6 nitrogen and oxygen atoms in total. The molecule has 0 radical (unpaired) electrons. The normalized spacial score (nSPS) is 22.5. The van der Waals surface area contributed by atoms with Crippen LogP contribution in [0.2, 0.25) is 0 Å². The zero-order valence-electron chi connectivity index (χ0n) is 15.9. The van der Waals surface area contributed by atoms with E-state index < -0.39 is 12.7 Å². The number of likely N-dealkylation sites (tertiary alicyclic amines) is 1. The van der Waals surface area contributed by atoms with E-state index in [4.69, 9.17) is 9.47 Å². The Bertz CT molecular complexity index is 435. The molecule has 0 spiro atoms. The third kappa shape index (κ3) is 10.7. The van der Waals surface area contributed by atoms with Crippen molar-refractivity contribution in [2.75, 3.05) is 52.5 Å². The molecule has 0 saturated carbocycles. The van der Waals surface area contributed by atoms with Gasteiger partial charge < -0.3 is 20.1 Å². The summed E-state index contributed by atoms with van der Waals surface area (Å²) < 4.78 is 48.5. The van der Waals surface area contributed by atoms with Gasteiger partial charge in [-0.25, -0.2) is 0 Å². The average molecular weight is 508 g/mol. The third-order valence-corrected chi connectivity index (χ3v) is 4.45. The highest BCUT2D eigenvalue weighted by Gasteiger charge is 2.34. The molecule has 2 aliphatic heterocycles. The highest BCUT2D eigenvalue weighted by atomic mass is 127. The molecule has 0 aromatic carbocycles. The van der Waals surface area contributed by atoms with Gasteiger partial charge >= 0.3 is 6.18 Å². The average Bonchev–Trinajstić information content (AvgIpc) is 3.00. The van der Waals surface area contributed by atoms with E-state index in [1.165, 1.54) is 4.90 Å². The number of guanidine groups is 1. The van der Waals surface area contributed by atoms with Crippen molar-refractivity contribution in [2.45, 2.75) is 50.9 Å². The molecule has 0 amide bonds. The summed E-state index contributed by atoms with van der Waals surface area (Å²) in [5.41, 5.74) is 0. The largest absolute Gasteiger partial charge is 0.401 e. The molecule has 2 aliphatic rings. The molecule has 2 saturated heterocycles. The van der Waals surface area contributed by atoms with Gasteiger partial charge in [-0.2, -0.15) is 13.2 Å². The molecule has 2 rings (SSSR count). The van der Waals surface area contributed by atoms with Crippen molar-refractivity contribution in [3.63, 3.8) is 0 Å². The van der Waals surface area contributed by atoms with Gasteiger partial charge in [-0.3, -0.25) is 9.89 Å². The molecule has 0 bridgehead atoms. The first kappa shape index (κ1) is 24.7. The molecular formula is C17H32F3IN4O2. The predicted molar refractivity (Wildman–Crippen MR) is 110 cm³/mol. The van der Waals surface area contributed by atoms with E-state index in [0.717, 1.165) is 32.5 Å². The van der Waals surface area contributed by atoms with E-state index in [9.17, 15) is 13.2 Å². The number of alkyl halides is 3. The standard InChI is InChI=1S/C17H31F3N4O2.HI/c1-2-21-16(22-7-3-9-26-15-5-10-25-11-6-15)23-14-4-8-24(12-14)13-17(18,19)20;/h14-15H,2-13H2,1H3,(H2,21,22,23);1H. The number of halogens is 4. The molecular weight excluding hydrogens is 476 g/mol. The smallest absolute Gasteiger partial charge is 0.381 e. The zero-order chi connectivity index (χ0) is 18.8. The van der Waals surface area contributed by atoms with Gasteiger partial charge in [-0.05, 0) is 32.6 Å². The zero-order valence-corrected chi connectivity index (χ0v) is 18.2. The van der Waals surface area contributed by atoms with Crippen LogP contribution in [0.1, 0.15) is 32.6 Å². The van der Waals surface area contributed by atoms with Crippen molar-refractivity contribution in [3.8, 4) is 0 Å². The van der Waals surface area contributed by atoms with Crippen LogP contribution in [0.4, 0.5) is 13.2 Å². The Morgan fingerprint density at radius 1 is 1.26 bits per heavy atom. The van der Waals surface area contributed by atoms with Crippen LogP contribution in [0.15, 0.2) is 4.99 Å². The van der Waals surface area contributed by atoms with Crippen LogP contribution >= 0.6 is 24.0 Å². The van der Waals surface area contributed by atoms with Crippen molar-refractivity contribution in [1.29, 1.82) is 0 Å². The lowest BCUT2D eigenvalue weighted by molar-refractivity contribution is -0.143. The van der Waals surface area contributed by atoms with Crippen molar-refractivity contribution >= 4 is 29.9 Å². The second-order valence-electron chi connectivity index (χ2n) is 6.78. The number of hydrogen-bond donors (Lipinski definition) is 2. The summed E-state index contributed by atoms with van der Waals surface area (Å²) in [5, 5.41) is 6.40. The quantitative estimate of drug-likeness (QED) is 0.228. The summed E-state index contributed by atoms with van der Waals surface area (Å²) in [5.74, 6) is 0.664. The van der Waals surface area contributed by atoms with Crippen LogP contribution in [0.3, 0.4) is 0 Å². The second kappa shape index (κ2) is 13.0. The van der Waals surface area contributed by atoms with Gasteiger partial charge in [0, 0.05) is 52.0 Å². The molecule has 0 aliphatic carbocycles. The molecule has 27 heavy (non-hydrogen) atoms. The maximum absolute atomic E-state index is 12.5. The fourth-order valence-corrected chi connectivity index (χ4v) is 3.21. The van der Waals surface area contributed by atoms with E-state index >= 15 is 0 Å². The molecule has 2 fully saturated rings. The van der Waals surface area contributed by atoms with Crippen molar-refractivity contribution < 1.29 is 22.6 Å². The lowest BCUT2D eigenvalue weighted by Crippen LogP contribution is -2.45. The van der Waals surface area contributed by atoms with Crippen LogP contribution in [0, 0.1) is 0 Å². The molecule has 10 heteroatoms. The van der Waals surface area contributed by atoms with Crippen LogP contribution in [0.25, 0.3) is 0 Å². The van der Waals surface area contributed by atoms with Gasteiger partial charge in [0.15, 0.2) is 5.96 Å². The highest BCUT2D eigenvalue weighted by Crippen LogP contribution is 2.19. The third-order valence-electron chi connectivity index (χ3n) is 4.45. The van der Waals surface area contributed by atoms with Gasteiger partial charge in [0.05, 0.1) is 12.6 Å². The Labute approximate surface area is 176 Å². The SMILES string of the molecule is CCNC(=NCCCOC1CCOCC1)NC1CCN(CC(F)(F)F)C1.I. The van der Waals surface area contributed by atoms with E-state index in [1.54, 1.807) is 0 Å². The fraction of sp³-hybridized carbons (Fsp3) is 0.941. The van der Waals surface area contributed by atoms with E-state index in [-0.39, 0.29) is 36.1 Å². The van der Waals surface area contributed by atoms with Gasteiger partial charge in [-0.1, -0.05) is 0 Å². The number of aliphatic imine (C=N–C) groups is 1. The van der Waals surface area contributed by atoms with E-state index in [1.807, 2.05) is 6.92 Å². The predicted octanol–water partition coefficient (Wildman–Crippen LogP) is 2.38. The van der Waals surface area contributed by atoms with E-state index in [0.29, 0.717) is 45.2 Å². The van der Waals surface area contributed by atoms with Crippen molar-refractivity contribution in [3.05, 3.63) is 0 Å². The maximum Gasteiger partial charge on any atom is 0.401 e. The first-order chi connectivity index (χ1) is 12.5. The molecule has 1 unspecified atom stereocenters. The van der Waals surface area contributed by atoms with Gasteiger partial charge in [0.25, 0.3) is 0 Å². The summed E-state index contributed by atoms with van der Waals surface area (Å²) >= 11 is 0. The minimum absolute atomic E-state index is 0. The summed E-state index contributed by atoms with van der Waals surface area (Å²) in [6, 6.07) is -0.00589. The summed E-state index contributed by atoms with van der Waals surface area (Å²) in [4.78, 5) is 5.94. The maximum atomic E-state index is 12.5. The molecule has 1 atom stereocenters. The summed E-state index contributed by atoms with van der Waals surface area (Å²) in [6.07, 6.45) is -0.450. The Morgan fingerprint density at radius 2 is 2.00 bits per heavy atom. The lowest BCUT2D eigenvalue weighted by atomic mass is 10.1. The van der Waals surface area contributed by atoms with Crippen LogP contribution in [0.5, 0.6) is 0 Å². The molecule has 160 valence electrons. The fourth-order valence-electron chi connectivity index (χ4n) is 3.21. The number of nitrogens with zero attached hydrogens (tertiary/aromatic N) is 2. The molecule has 2 heterocycles. The Kier molecular flexibility index (Phi) is 11.9. The number of nitrogens with one attached hydrogen (secondary N) is 2. The van der Waals surface area contributed by atoms with Crippen LogP contribution in [-0.4, -0.2) is 81.7 Å². The monoisotopic (exact) mass is 508 g/mol. The first-order valence-corrected chi connectivity index (χ1v) is 9.49. The van der Waals surface area contributed by atoms with Gasteiger partial charge in [-0.15, -0.1) is 24.0 Å². The van der Waals surface area contributed by atoms with Crippen LogP contribution in [-0.2, 0) is 9.47 Å². The minimum atomic E-state index is -4.14. The van der Waals surface area contributed by atoms with Gasteiger partial charge in [0.2, 0.25) is 0 Å². The van der Waals surface area contributed by atoms with Crippen molar-refractivity contribution in [2.24, 2.45) is 4.99 Å². The molecule has 2 N–H and O–H groups in total. The second-order valence-corrected chi connectivity index (χ2v) is 6.78. The lowest BCUT2D eigenvalue weighted by Gasteiger charge is -2.22. The van der Waals surface area contributed by atoms with Crippen LogP contribution < -0.4 is 10.6 Å². The van der Waals surface area contributed by atoms with E-state index in [2.05, 4.69) is 15.6 Å². The first-order valence-electron chi connectivity index (χ1n) is 9.49. The number of ether oxygens (including phenoxy) is 2. The highest BCUT2D eigenvalue weighted by molar-refractivity contribution is 14.0. The molecule has 0 aromatic rings. The topological polar surface area (TPSA) is 58.1 Å². The minimum Gasteiger partial charge on any atom is -0.381 e. The Morgan fingerprint density at radius 3 is 2.67 bits per heavy atom. The summed E-state index contributed by atoms with van der Waals surface area (Å²) in [6.45, 7) is 5.50. The van der Waals surface area contributed by atoms with Crippen molar-refractivity contribution in [1.82, 2.24) is 15.5 Å². The van der Waals surface area contributed by atoms with Gasteiger partial charge in [0.1, 0.15) is 0 Å². The number of hydrogen-bond acceptors (Lipinski definition) is 4. The Balaban J connectivity index is 0.00000364. The Hall–Kier alpha value is -0.330. The summed E-state index contributed by atoms with van der Waals surface area (Å²) in [7, 11) is 0. The molecule has 0 aromatic heterocycles.